The molecule has 0 radical (unpaired) electrons. The maximum absolute atomic E-state index is 12.8. The second-order valence-electron chi connectivity index (χ2n) is 4.73. The van der Waals surface area contributed by atoms with Crippen LogP contribution >= 0.6 is 0 Å². The fraction of sp³-hybridized carbons (Fsp3) is 0.800. The highest BCUT2D eigenvalue weighted by molar-refractivity contribution is 5.86. The Morgan fingerprint density at radius 1 is 0.542 bits per heavy atom. The van der Waals surface area contributed by atoms with Gasteiger partial charge in [0.2, 0.25) is 0 Å². The fourth-order valence-corrected chi connectivity index (χ4v) is 1.75. The molecule has 1 aliphatic heterocycles. The molecule has 1 aliphatic rings. The average molecular weight is 378 g/mol. The molecule has 1 saturated heterocycles. The minimum absolute atomic E-state index is 0.0665. The van der Waals surface area contributed by atoms with E-state index in [0.29, 0.717) is 0 Å². The Morgan fingerprint density at radius 3 is 0.917 bits per heavy atom. The Balaban J connectivity index is 2.78. The molecule has 1 rings (SSSR count). The normalized spacial score (nSPS) is 17.9. The highest BCUT2D eigenvalue weighted by Crippen LogP contribution is 2.38. The standard InChI is InChI=1S/C10H8F10N2O2/c11-7(12,9(15,16)17)5(23)21-1-2-22(4-3-21)6(24)8(13,14)10(18,19)20/h1-4H2. The smallest absolute Gasteiger partial charge is 0.334 e. The molecule has 24 heavy (non-hydrogen) atoms. The number of alkyl halides is 10. The summed E-state index contributed by atoms with van der Waals surface area (Å²) in [5.41, 5.74) is 0. The summed E-state index contributed by atoms with van der Waals surface area (Å²) in [6.45, 7) is -4.21. The van der Waals surface area contributed by atoms with Gasteiger partial charge in [0.05, 0.1) is 0 Å². The fourth-order valence-electron chi connectivity index (χ4n) is 1.75. The van der Waals surface area contributed by atoms with Crippen LogP contribution in [0.2, 0.25) is 0 Å². The van der Waals surface area contributed by atoms with Crippen LogP contribution in [-0.4, -0.2) is 72.0 Å². The van der Waals surface area contributed by atoms with Gasteiger partial charge in [-0.3, -0.25) is 9.59 Å². The predicted molar refractivity (Wildman–Crippen MR) is 55.2 cm³/mol. The number of carbonyl (C=O) groups excluding carboxylic acids is 2. The average Bonchev–Trinajstić information content (AvgIpc) is 2.43. The van der Waals surface area contributed by atoms with Crippen LogP contribution in [0, 0.1) is 0 Å². The van der Waals surface area contributed by atoms with Gasteiger partial charge < -0.3 is 9.80 Å². The molecule has 0 aromatic rings. The maximum atomic E-state index is 12.8. The van der Waals surface area contributed by atoms with Crippen LogP contribution in [-0.2, 0) is 9.59 Å². The topological polar surface area (TPSA) is 40.6 Å². The number of carbonyl (C=O) groups is 2. The second-order valence-corrected chi connectivity index (χ2v) is 4.73. The Hall–Kier alpha value is -1.76. The molecule has 0 aliphatic carbocycles. The van der Waals surface area contributed by atoms with Crippen molar-refractivity contribution < 1.29 is 53.5 Å². The van der Waals surface area contributed by atoms with Gasteiger partial charge in [0, 0.05) is 26.2 Å². The van der Waals surface area contributed by atoms with E-state index in [0.717, 1.165) is 0 Å². The van der Waals surface area contributed by atoms with Crippen molar-refractivity contribution in [1.82, 2.24) is 9.80 Å². The molecule has 0 aromatic carbocycles. The van der Waals surface area contributed by atoms with Crippen LogP contribution in [0.5, 0.6) is 0 Å². The highest BCUT2D eigenvalue weighted by Gasteiger charge is 2.66. The Labute approximate surface area is 127 Å². The zero-order valence-corrected chi connectivity index (χ0v) is 11.3. The monoisotopic (exact) mass is 378 g/mol. The lowest BCUT2D eigenvalue weighted by Crippen LogP contribution is -2.61. The first-order valence-electron chi connectivity index (χ1n) is 6.01. The van der Waals surface area contributed by atoms with E-state index in [-0.39, 0.29) is 9.80 Å². The minimum atomic E-state index is -6.19. The number of amides is 2. The van der Waals surface area contributed by atoms with Gasteiger partial charge in [0.1, 0.15) is 0 Å². The van der Waals surface area contributed by atoms with Crippen molar-refractivity contribution in [3.05, 3.63) is 0 Å². The molecule has 2 amide bonds. The van der Waals surface area contributed by atoms with E-state index < -0.39 is 62.2 Å². The molecule has 0 bridgehead atoms. The van der Waals surface area contributed by atoms with Crippen molar-refractivity contribution in [3.8, 4) is 0 Å². The molecule has 0 atom stereocenters. The van der Waals surface area contributed by atoms with Crippen molar-refractivity contribution in [2.75, 3.05) is 26.2 Å². The van der Waals surface area contributed by atoms with Gasteiger partial charge in [-0.05, 0) is 0 Å². The first-order chi connectivity index (χ1) is 10.5. The molecule has 0 spiro atoms. The Morgan fingerprint density at radius 2 is 0.750 bits per heavy atom. The van der Waals surface area contributed by atoms with Gasteiger partial charge in [-0.15, -0.1) is 0 Å². The van der Waals surface area contributed by atoms with Crippen molar-refractivity contribution in [3.63, 3.8) is 0 Å². The van der Waals surface area contributed by atoms with Gasteiger partial charge in [-0.2, -0.15) is 43.9 Å². The van der Waals surface area contributed by atoms with Gasteiger partial charge in [0.25, 0.3) is 0 Å². The Bertz CT molecular complexity index is 459. The van der Waals surface area contributed by atoms with E-state index >= 15 is 0 Å². The van der Waals surface area contributed by atoms with E-state index in [4.69, 9.17) is 0 Å². The number of halogens is 10. The summed E-state index contributed by atoms with van der Waals surface area (Å²) in [4.78, 5) is 22.1. The first-order valence-corrected chi connectivity index (χ1v) is 6.01. The number of rotatable bonds is 2. The van der Waals surface area contributed by atoms with E-state index in [9.17, 15) is 53.5 Å². The number of piperazine rings is 1. The summed E-state index contributed by atoms with van der Waals surface area (Å²) < 4.78 is 124. The van der Waals surface area contributed by atoms with E-state index in [1.54, 1.807) is 0 Å². The van der Waals surface area contributed by atoms with Crippen LogP contribution < -0.4 is 0 Å². The molecule has 4 nitrogen and oxygen atoms in total. The molecule has 14 heteroatoms. The Kier molecular flexibility index (Phi) is 5.03. The van der Waals surface area contributed by atoms with Gasteiger partial charge in [-0.25, -0.2) is 0 Å². The van der Waals surface area contributed by atoms with Crippen molar-refractivity contribution in [2.24, 2.45) is 0 Å². The zero-order chi connectivity index (χ0) is 19.1. The molecule has 0 unspecified atom stereocenters. The van der Waals surface area contributed by atoms with E-state index in [1.165, 1.54) is 0 Å². The summed E-state index contributed by atoms with van der Waals surface area (Å²) >= 11 is 0. The molecular formula is C10H8F10N2O2. The summed E-state index contributed by atoms with van der Waals surface area (Å²) in [6.07, 6.45) is -12.4. The SMILES string of the molecule is O=C(N1CCN(C(=O)C(F)(F)C(F)(F)F)CC1)C(F)(F)C(F)(F)F. The third kappa shape index (κ3) is 3.50. The molecule has 1 heterocycles. The molecule has 0 aromatic heterocycles. The predicted octanol–water partition coefficient (Wildman–Crippen LogP) is 2.05. The molecule has 1 fully saturated rings. The molecular weight excluding hydrogens is 370 g/mol. The number of nitrogens with zero attached hydrogens (tertiary/aromatic N) is 2. The van der Waals surface area contributed by atoms with Gasteiger partial charge >= 0.3 is 36.0 Å². The molecule has 0 N–H and O–H groups in total. The largest absolute Gasteiger partial charge is 0.463 e. The summed E-state index contributed by atoms with van der Waals surface area (Å²) in [7, 11) is 0. The molecule has 0 saturated carbocycles. The first kappa shape index (κ1) is 20.3. The lowest BCUT2D eigenvalue weighted by atomic mass is 10.2. The minimum Gasteiger partial charge on any atom is -0.334 e. The van der Waals surface area contributed by atoms with Gasteiger partial charge in [-0.1, -0.05) is 0 Å². The second kappa shape index (κ2) is 5.95. The van der Waals surface area contributed by atoms with E-state index in [1.807, 2.05) is 0 Å². The van der Waals surface area contributed by atoms with Crippen LogP contribution in [0.4, 0.5) is 43.9 Å². The highest BCUT2D eigenvalue weighted by atomic mass is 19.4. The quantitative estimate of drug-likeness (QED) is 0.691. The van der Waals surface area contributed by atoms with Gasteiger partial charge in [0.15, 0.2) is 0 Å². The zero-order valence-electron chi connectivity index (χ0n) is 11.3. The lowest BCUT2D eigenvalue weighted by Gasteiger charge is -2.37. The van der Waals surface area contributed by atoms with Crippen molar-refractivity contribution in [2.45, 2.75) is 24.2 Å². The van der Waals surface area contributed by atoms with Crippen LogP contribution in [0.15, 0.2) is 0 Å². The third-order valence-electron chi connectivity index (χ3n) is 3.10. The number of hydrogen-bond donors (Lipinski definition) is 0. The number of hydrogen-bond acceptors (Lipinski definition) is 2. The van der Waals surface area contributed by atoms with Crippen molar-refractivity contribution in [1.29, 1.82) is 0 Å². The summed E-state index contributed by atoms with van der Waals surface area (Å²) in [5.74, 6) is -16.8. The van der Waals surface area contributed by atoms with E-state index in [2.05, 4.69) is 0 Å². The summed E-state index contributed by atoms with van der Waals surface area (Å²) in [5, 5.41) is 0. The molecule has 140 valence electrons. The van der Waals surface area contributed by atoms with Crippen LogP contribution in [0.25, 0.3) is 0 Å². The summed E-state index contributed by atoms with van der Waals surface area (Å²) in [6, 6.07) is 0. The maximum Gasteiger partial charge on any atom is 0.463 e. The lowest BCUT2D eigenvalue weighted by molar-refractivity contribution is -0.277. The van der Waals surface area contributed by atoms with Crippen LogP contribution in [0.3, 0.4) is 0 Å². The van der Waals surface area contributed by atoms with Crippen LogP contribution in [0.1, 0.15) is 0 Å². The van der Waals surface area contributed by atoms with Crippen molar-refractivity contribution >= 4 is 11.8 Å². The third-order valence-corrected chi connectivity index (χ3v) is 3.10.